The first kappa shape index (κ1) is 17.5. The second-order valence-electron chi connectivity index (χ2n) is 6.45. The molecule has 0 bridgehead atoms. The summed E-state index contributed by atoms with van der Waals surface area (Å²) in [6.07, 6.45) is 6.35. The highest BCUT2D eigenvalue weighted by atomic mass is 16.5. The van der Waals surface area contributed by atoms with Crippen molar-refractivity contribution in [2.45, 2.75) is 45.7 Å². The molecule has 1 fully saturated rings. The Bertz CT molecular complexity index is 688. The molecule has 134 valence electrons. The quantitative estimate of drug-likeness (QED) is 0.761. The molecule has 0 aromatic carbocycles. The van der Waals surface area contributed by atoms with Crippen LogP contribution in [0.2, 0.25) is 0 Å². The number of hydrogen-bond donors (Lipinski definition) is 0. The average Bonchev–Trinajstić information content (AvgIpc) is 3.27. The van der Waals surface area contributed by atoms with E-state index in [2.05, 4.69) is 32.2 Å². The largest absolute Gasteiger partial charge is 0.339 e. The van der Waals surface area contributed by atoms with E-state index < -0.39 is 0 Å². The SMILES string of the molecule is CCc1nc(CN(C(C)=O)[C@@H]2CCN(CCc3ccncc3)C2)no1. The highest BCUT2D eigenvalue weighted by Gasteiger charge is 2.30. The van der Waals surface area contributed by atoms with E-state index in [4.69, 9.17) is 4.52 Å². The number of amides is 1. The minimum atomic E-state index is 0.0591. The highest BCUT2D eigenvalue weighted by Crippen LogP contribution is 2.18. The topological polar surface area (TPSA) is 75.4 Å². The summed E-state index contributed by atoms with van der Waals surface area (Å²) in [5.41, 5.74) is 1.29. The van der Waals surface area contributed by atoms with Crippen LogP contribution in [-0.2, 0) is 24.2 Å². The van der Waals surface area contributed by atoms with Crippen molar-refractivity contribution in [3.05, 3.63) is 41.8 Å². The van der Waals surface area contributed by atoms with Gasteiger partial charge in [-0.2, -0.15) is 4.98 Å². The fourth-order valence-electron chi connectivity index (χ4n) is 3.25. The Balaban J connectivity index is 1.55. The Morgan fingerprint density at radius 3 is 2.88 bits per heavy atom. The molecule has 3 rings (SSSR count). The number of hydrogen-bond acceptors (Lipinski definition) is 6. The van der Waals surface area contributed by atoms with Crippen LogP contribution in [0.4, 0.5) is 0 Å². The summed E-state index contributed by atoms with van der Waals surface area (Å²) >= 11 is 0. The van der Waals surface area contributed by atoms with Crippen LogP contribution >= 0.6 is 0 Å². The van der Waals surface area contributed by atoms with Crippen molar-refractivity contribution >= 4 is 5.91 Å². The van der Waals surface area contributed by atoms with Crippen LogP contribution in [0.15, 0.2) is 29.0 Å². The summed E-state index contributed by atoms with van der Waals surface area (Å²) in [4.78, 5) is 24.8. The summed E-state index contributed by atoms with van der Waals surface area (Å²) in [6.45, 7) is 6.89. The third-order valence-electron chi connectivity index (χ3n) is 4.68. The molecule has 1 amide bonds. The molecule has 3 heterocycles. The molecule has 25 heavy (non-hydrogen) atoms. The van der Waals surface area contributed by atoms with E-state index in [1.807, 2.05) is 24.2 Å². The van der Waals surface area contributed by atoms with E-state index in [0.717, 1.165) is 32.5 Å². The van der Waals surface area contributed by atoms with Crippen molar-refractivity contribution in [2.24, 2.45) is 0 Å². The Morgan fingerprint density at radius 2 is 2.20 bits per heavy atom. The van der Waals surface area contributed by atoms with Gasteiger partial charge in [-0.3, -0.25) is 9.78 Å². The van der Waals surface area contributed by atoms with Crippen molar-refractivity contribution in [1.82, 2.24) is 24.9 Å². The highest BCUT2D eigenvalue weighted by molar-refractivity contribution is 5.73. The number of aryl methyl sites for hydroxylation is 1. The van der Waals surface area contributed by atoms with E-state index in [9.17, 15) is 4.79 Å². The second-order valence-corrected chi connectivity index (χ2v) is 6.45. The average molecular weight is 343 g/mol. The van der Waals surface area contributed by atoms with Crippen LogP contribution in [0.3, 0.4) is 0 Å². The first-order chi connectivity index (χ1) is 12.2. The van der Waals surface area contributed by atoms with E-state index in [0.29, 0.717) is 24.7 Å². The van der Waals surface area contributed by atoms with E-state index in [1.165, 1.54) is 5.56 Å². The fraction of sp³-hybridized carbons (Fsp3) is 0.556. The van der Waals surface area contributed by atoms with Gasteiger partial charge < -0.3 is 14.3 Å². The van der Waals surface area contributed by atoms with E-state index >= 15 is 0 Å². The Kier molecular flexibility index (Phi) is 5.75. The zero-order valence-corrected chi connectivity index (χ0v) is 14.9. The maximum absolute atomic E-state index is 12.1. The number of likely N-dealkylation sites (tertiary alicyclic amines) is 1. The van der Waals surface area contributed by atoms with Crippen molar-refractivity contribution in [2.75, 3.05) is 19.6 Å². The van der Waals surface area contributed by atoms with Crippen molar-refractivity contribution in [3.8, 4) is 0 Å². The van der Waals surface area contributed by atoms with Gasteiger partial charge in [0.25, 0.3) is 0 Å². The van der Waals surface area contributed by atoms with Crippen molar-refractivity contribution in [3.63, 3.8) is 0 Å². The molecule has 1 aliphatic heterocycles. The third kappa shape index (κ3) is 4.63. The number of nitrogens with zero attached hydrogens (tertiary/aromatic N) is 5. The predicted octanol–water partition coefficient (Wildman–Crippen LogP) is 1.69. The molecular weight excluding hydrogens is 318 g/mol. The molecule has 1 atom stereocenters. The second kappa shape index (κ2) is 8.20. The molecule has 0 aliphatic carbocycles. The minimum Gasteiger partial charge on any atom is -0.339 e. The monoisotopic (exact) mass is 343 g/mol. The maximum Gasteiger partial charge on any atom is 0.226 e. The smallest absolute Gasteiger partial charge is 0.226 e. The number of aromatic nitrogens is 3. The van der Waals surface area contributed by atoms with Gasteiger partial charge in [-0.25, -0.2) is 0 Å². The first-order valence-corrected chi connectivity index (χ1v) is 8.85. The standard InChI is InChI=1S/C18H25N5O2/c1-3-18-20-17(21-25-18)13-23(14(2)24)16-7-11-22(12-16)10-6-15-4-8-19-9-5-15/h4-5,8-9,16H,3,6-7,10-13H2,1-2H3/t16-/m1/s1. The van der Waals surface area contributed by atoms with Crippen LogP contribution in [-0.4, -0.2) is 56.5 Å². The zero-order valence-electron chi connectivity index (χ0n) is 14.9. The predicted molar refractivity (Wildman–Crippen MR) is 92.7 cm³/mol. The number of rotatable bonds is 7. The van der Waals surface area contributed by atoms with Crippen LogP contribution in [0.25, 0.3) is 0 Å². The van der Waals surface area contributed by atoms with Crippen LogP contribution in [0.1, 0.15) is 37.5 Å². The molecular formula is C18H25N5O2. The zero-order chi connectivity index (χ0) is 17.6. The van der Waals surface area contributed by atoms with Gasteiger partial charge in [0.2, 0.25) is 11.8 Å². The Morgan fingerprint density at radius 1 is 1.40 bits per heavy atom. The van der Waals surface area contributed by atoms with Crippen molar-refractivity contribution in [1.29, 1.82) is 0 Å². The van der Waals surface area contributed by atoms with Gasteiger partial charge in [0, 0.05) is 51.4 Å². The minimum absolute atomic E-state index is 0.0591. The first-order valence-electron chi connectivity index (χ1n) is 8.85. The fourth-order valence-corrected chi connectivity index (χ4v) is 3.25. The van der Waals surface area contributed by atoms with E-state index in [-0.39, 0.29) is 11.9 Å². The van der Waals surface area contributed by atoms with Gasteiger partial charge >= 0.3 is 0 Å². The lowest BCUT2D eigenvalue weighted by atomic mass is 10.2. The summed E-state index contributed by atoms with van der Waals surface area (Å²) in [6, 6.07) is 4.31. The Labute approximate surface area is 148 Å². The van der Waals surface area contributed by atoms with Crippen LogP contribution in [0.5, 0.6) is 0 Å². The molecule has 2 aromatic rings. The molecule has 0 radical (unpaired) electrons. The molecule has 7 heteroatoms. The molecule has 1 aliphatic rings. The van der Waals surface area contributed by atoms with Gasteiger partial charge in [0.05, 0.1) is 6.54 Å². The van der Waals surface area contributed by atoms with Gasteiger partial charge in [-0.1, -0.05) is 12.1 Å². The molecule has 0 saturated carbocycles. The number of carbonyl (C=O) groups is 1. The van der Waals surface area contributed by atoms with Crippen LogP contribution in [0, 0.1) is 0 Å². The molecule has 0 N–H and O–H groups in total. The maximum atomic E-state index is 12.1. The molecule has 7 nitrogen and oxygen atoms in total. The van der Waals surface area contributed by atoms with Gasteiger partial charge in [-0.15, -0.1) is 0 Å². The number of carbonyl (C=O) groups excluding carboxylic acids is 1. The summed E-state index contributed by atoms with van der Waals surface area (Å²) in [7, 11) is 0. The van der Waals surface area contributed by atoms with E-state index in [1.54, 1.807) is 6.92 Å². The molecule has 0 spiro atoms. The lowest BCUT2D eigenvalue weighted by Crippen LogP contribution is -2.40. The summed E-state index contributed by atoms with van der Waals surface area (Å²) < 4.78 is 5.15. The lowest BCUT2D eigenvalue weighted by molar-refractivity contribution is -0.131. The lowest BCUT2D eigenvalue weighted by Gasteiger charge is -2.27. The molecule has 1 saturated heterocycles. The van der Waals surface area contributed by atoms with Gasteiger partial charge in [-0.05, 0) is 30.5 Å². The molecule has 0 unspecified atom stereocenters. The summed E-state index contributed by atoms with van der Waals surface area (Å²) in [5.74, 6) is 1.26. The van der Waals surface area contributed by atoms with Gasteiger partial charge in [0.1, 0.15) is 0 Å². The van der Waals surface area contributed by atoms with Crippen molar-refractivity contribution < 1.29 is 9.32 Å². The van der Waals surface area contributed by atoms with Crippen LogP contribution < -0.4 is 0 Å². The van der Waals surface area contributed by atoms with Gasteiger partial charge in [0.15, 0.2) is 5.82 Å². The normalized spacial score (nSPS) is 17.8. The Hall–Kier alpha value is -2.28. The number of pyridine rings is 1. The third-order valence-corrected chi connectivity index (χ3v) is 4.68. The summed E-state index contributed by atoms with van der Waals surface area (Å²) in [5, 5.41) is 3.98. The molecule has 2 aromatic heterocycles.